The van der Waals surface area contributed by atoms with Crippen LogP contribution in [0.1, 0.15) is 30.5 Å². The summed E-state index contributed by atoms with van der Waals surface area (Å²) in [6.45, 7) is 3.87. The van der Waals surface area contributed by atoms with Gasteiger partial charge in [0.1, 0.15) is 12.3 Å². The number of carbonyl (C=O) groups is 2. The number of amides is 1. The molecule has 0 aliphatic rings. The Bertz CT molecular complexity index is 1020. The molecule has 3 aromatic rings. The van der Waals surface area contributed by atoms with Gasteiger partial charge < -0.3 is 14.8 Å². The van der Waals surface area contributed by atoms with Gasteiger partial charge in [0.15, 0.2) is 0 Å². The van der Waals surface area contributed by atoms with Crippen molar-refractivity contribution < 1.29 is 19.1 Å². The zero-order valence-corrected chi connectivity index (χ0v) is 17.7. The zero-order chi connectivity index (χ0) is 22.2. The number of nitrogens with zero attached hydrogens (tertiary/aromatic N) is 4. The molecule has 0 aliphatic heterocycles. The first-order chi connectivity index (χ1) is 15.0. The molecule has 1 heterocycles. The highest BCUT2D eigenvalue weighted by Gasteiger charge is 2.20. The second-order valence-corrected chi connectivity index (χ2v) is 6.91. The van der Waals surface area contributed by atoms with E-state index in [-0.39, 0.29) is 25.5 Å². The molecule has 1 aromatic heterocycles. The SMILES string of the molecule is CCOC(=O)CC(NC(=O)Cn1nnc(-c2ccc(C)cc2)n1)c1ccc(OC)cc1. The van der Waals surface area contributed by atoms with E-state index in [0.29, 0.717) is 11.6 Å². The van der Waals surface area contributed by atoms with Crippen LogP contribution < -0.4 is 10.1 Å². The van der Waals surface area contributed by atoms with Gasteiger partial charge in [0, 0.05) is 5.56 Å². The van der Waals surface area contributed by atoms with Gasteiger partial charge in [-0.2, -0.15) is 4.80 Å². The molecule has 0 saturated heterocycles. The molecule has 1 amide bonds. The molecule has 3 rings (SSSR count). The predicted molar refractivity (Wildman–Crippen MR) is 113 cm³/mol. The van der Waals surface area contributed by atoms with Crippen LogP contribution in [0.25, 0.3) is 11.4 Å². The largest absolute Gasteiger partial charge is 0.497 e. The lowest BCUT2D eigenvalue weighted by Gasteiger charge is -2.18. The Morgan fingerprint density at radius 2 is 1.81 bits per heavy atom. The Kier molecular flexibility index (Phi) is 7.31. The first-order valence-corrected chi connectivity index (χ1v) is 9.92. The molecule has 0 spiro atoms. The number of hydrogen-bond acceptors (Lipinski definition) is 7. The Hall–Kier alpha value is -3.75. The molecule has 31 heavy (non-hydrogen) atoms. The van der Waals surface area contributed by atoms with E-state index < -0.39 is 12.0 Å². The summed E-state index contributed by atoms with van der Waals surface area (Å²) >= 11 is 0. The Morgan fingerprint density at radius 3 is 2.45 bits per heavy atom. The summed E-state index contributed by atoms with van der Waals surface area (Å²) in [6, 6.07) is 14.3. The molecule has 2 aromatic carbocycles. The number of esters is 1. The third-order valence-electron chi connectivity index (χ3n) is 4.58. The highest BCUT2D eigenvalue weighted by atomic mass is 16.5. The third-order valence-corrected chi connectivity index (χ3v) is 4.58. The minimum Gasteiger partial charge on any atom is -0.497 e. The van der Waals surface area contributed by atoms with Crippen molar-refractivity contribution in [3.63, 3.8) is 0 Å². The second kappa shape index (κ2) is 10.3. The monoisotopic (exact) mass is 423 g/mol. The van der Waals surface area contributed by atoms with Crippen molar-refractivity contribution in [2.24, 2.45) is 0 Å². The predicted octanol–water partition coefficient (Wildman–Crippen LogP) is 2.47. The number of benzene rings is 2. The van der Waals surface area contributed by atoms with Crippen LogP contribution in [-0.4, -0.2) is 45.8 Å². The van der Waals surface area contributed by atoms with E-state index in [4.69, 9.17) is 9.47 Å². The summed E-state index contributed by atoms with van der Waals surface area (Å²) in [5.41, 5.74) is 2.70. The van der Waals surface area contributed by atoms with Gasteiger partial charge in [0.2, 0.25) is 11.7 Å². The lowest BCUT2D eigenvalue weighted by Crippen LogP contribution is -2.33. The Labute approximate surface area is 180 Å². The highest BCUT2D eigenvalue weighted by Crippen LogP contribution is 2.21. The van der Waals surface area contributed by atoms with Crippen LogP contribution >= 0.6 is 0 Å². The average molecular weight is 423 g/mol. The normalized spacial score (nSPS) is 11.6. The maximum atomic E-state index is 12.6. The van der Waals surface area contributed by atoms with Crippen molar-refractivity contribution in [1.82, 2.24) is 25.5 Å². The first-order valence-electron chi connectivity index (χ1n) is 9.92. The number of hydrogen-bond donors (Lipinski definition) is 1. The zero-order valence-electron chi connectivity index (χ0n) is 17.7. The van der Waals surface area contributed by atoms with E-state index in [9.17, 15) is 9.59 Å². The topological polar surface area (TPSA) is 108 Å². The molecule has 0 bridgehead atoms. The number of nitrogens with one attached hydrogen (secondary N) is 1. The highest BCUT2D eigenvalue weighted by molar-refractivity contribution is 5.78. The smallest absolute Gasteiger partial charge is 0.308 e. The van der Waals surface area contributed by atoms with E-state index >= 15 is 0 Å². The second-order valence-electron chi connectivity index (χ2n) is 6.91. The average Bonchev–Trinajstić information content (AvgIpc) is 3.22. The lowest BCUT2D eigenvalue weighted by molar-refractivity contribution is -0.143. The van der Waals surface area contributed by atoms with E-state index in [1.54, 1.807) is 38.3 Å². The van der Waals surface area contributed by atoms with Crippen LogP contribution in [0.2, 0.25) is 0 Å². The van der Waals surface area contributed by atoms with Crippen molar-refractivity contribution in [3.8, 4) is 17.1 Å². The third kappa shape index (κ3) is 6.11. The van der Waals surface area contributed by atoms with Crippen molar-refractivity contribution in [2.75, 3.05) is 13.7 Å². The van der Waals surface area contributed by atoms with E-state index in [1.165, 1.54) is 4.80 Å². The molecule has 9 nitrogen and oxygen atoms in total. The fraction of sp³-hybridized carbons (Fsp3) is 0.318. The first kappa shape index (κ1) is 21.9. The standard InChI is InChI=1S/C22H25N5O4/c1-4-31-21(29)13-19(16-9-11-18(30-3)12-10-16)23-20(28)14-27-25-22(24-26-27)17-7-5-15(2)6-8-17/h5-12,19H,4,13-14H2,1-3H3,(H,23,28). The Balaban J connectivity index is 1.69. The maximum absolute atomic E-state index is 12.6. The molecule has 1 N–H and O–H groups in total. The van der Waals surface area contributed by atoms with Crippen LogP contribution in [0.15, 0.2) is 48.5 Å². The minimum absolute atomic E-state index is 0.00527. The number of rotatable bonds is 9. The molecule has 9 heteroatoms. The van der Waals surface area contributed by atoms with Gasteiger partial charge in [0.05, 0.1) is 26.2 Å². The molecule has 1 atom stereocenters. The lowest BCUT2D eigenvalue weighted by atomic mass is 10.0. The van der Waals surface area contributed by atoms with Crippen molar-refractivity contribution in [1.29, 1.82) is 0 Å². The molecule has 162 valence electrons. The number of tetrazole rings is 1. The summed E-state index contributed by atoms with van der Waals surface area (Å²) in [4.78, 5) is 25.9. The summed E-state index contributed by atoms with van der Waals surface area (Å²) in [7, 11) is 1.57. The van der Waals surface area contributed by atoms with Gasteiger partial charge in [-0.15, -0.1) is 10.2 Å². The van der Waals surface area contributed by atoms with Crippen LogP contribution in [-0.2, 0) is 20.9 Å². The summed E-state index contributed by atoms with van der Waals surface area (Å²) in [6.07, 6.45) is 0.00527. The molecule has 0 fully saturated rings. The molecular formula is C22H25N5O4. The number of aromatic nitrogens is 4. The number of methoxy groups -OCH3 is 1. The van der Waals surface area contributed by atoms with Gasteiger partial charge >= 0.3 is 5.97 Å². The molecule has 0 saturated carbocycles. The van der Waals surface area contributed by atoms with Crippen LogP contribution in [0.3, 0.4) is 0 Å². The fourth-order valence-electron chi connectivity index (χ4n) is 2.97. The van der Waals surface area contributed by atoms with Crippen molar-refractivity contribution >= 4 is 11.9 Å². The van der Waals surface area contributed by atoms with E-state index in [2.05, 4.69) is 20.7 Å². The molecule has 0 aliphatic carbocycles. The van der Waals surface area contributed by atoms with E-state index in [0.717, 1.165) is 16.7 Å². The van der Waals surface area contributed by atoms with E-state index in [1.807, 2.05) is 31.2 Å². The van der Waals surface area contributed by atoms with Gasteiger partial charge in [-0.05, 0) is 36.8 Å². The van der Waals surface area contributed by atoms with Gasteiger partial charge in [-0.3, -0.25) is 9.59 Å². The maximum Gasteiger partial charge on any atom is 0.308 e. The quantitative estimate of drug-likeness (QED) is 0.527. The summed E-state index contributed by atoms with van der Waals surface area (Å²) in [5, 5.41) is 15.1. The van der Waals surface area contributed by atoms with Crippen molar-refractivity contribution in [2.45, 2.75) is 32.9 Å². The number of ether oxygens (including phenoxy) is 2. The number of aryl methyl sites for hydroxylation is 1. The Morgan fingerprint density at radius 1 is 1.10 bits per heavy atom. The molecule has 0 radical (unpaired) electrons. The summed E-state index contributed by atoms with van der Waals surface area (Å²) < 4.78 is 10.2. The number of carbonyl (C=O) groups excluding carboxylic acids is 2. The van der Waals surface area contributed by atoms with Gasteiger partial charge in [-0.1, -0.05) is 42.0 Å². The van der Waals surface area contributed by atoms with Crippen molar-refractivity contribution in [3.05, 3.63) is 59.7 Å². The van der Waals surface area contributed by atoms with Gasteiger partial charge in [-0.25, -0.2) is 0 Å². The minimum atomic E-state index is -0.558. The molecule has 1 unspecified atom stereocenters. The molecular weight excluding hydrogens is 398 g/mol. The fourth-order valence-corrected chi connectivity index (χ4v) is 2.97. The van der Waals surface area contributed by atoms with Gasteiger partial charge in [0.25, 0.3) is 0 Å². The van der Waals surface area contributed by atoms with Crippen LogP contribution in [0.5, 0.6) is 5.75 Å². The van der Waals surface area contributed by atoms with Crippen LogP contribution in [0, 0.1) is 6.92 Å². The van der Waals surface area contributed by atoms with Crippen LogP contribution in [0.4, 0.5) is 0 Å². The summed E-state index contributed by atoms with van der Waals surface area (Å²) in [5.74, 6) is 0.369.